The molecule has 0 aliphatic rings. The van der Waals surface area contributed by atoms with E-state index in [1.807, 2.05) is 0 Å². The number of hydrogen-bond acceptors (Lipinski definition) is 6. The zero-order chi connectivity index (χ0) is 11.7. The van der Waals surface area contributed by atoms with Gasteiger partial charge in [-0.3, -0.25) is 9.68 Å². The van der Waals surface area contributed by atoms with Crippen molar-refractivity contribution in [3.8, 4) is 0 Å². The molecule has 85 valence electrons. The van der Waals surface area contributed by atoms with Gasteiger partial charge in [-0.05, 0) is 0 Å². The molecule has 0 aliphatic carbocycles. The predicted molar refractivity (Wildman–Crippen MR) is 33.2 cm³/mol. The van der Waals surface area contributed by atoms with Crippen LogP contribution in [0.5, 0.6) is 0 Å². The number of carbonyl (C=O) groups is 4. The van der Waals surface area contributed by atoms with E-state index in [4.69, 9.17) is 10.2 Å². The zero-order valence-electron chi connectivity index (χ0n) is 7.21. The number of carboxylic acids is 2. The van der Waals surface area contributed by atoms with Gasteiger partial charge in [0.1, 0.15) is 0 Å². The van der Waals surface area contributed by atoms with E-state index in [0.29, 0.717) is 0 Å². The molecule has 0 spiro atoms. The molecule has 0 aromatic rings. The first kappa shape index (κ1) is 19.2. The summed E-state index contributed by atoms with van der Waals surface area (Å²) in [6.07, 6.45) is 0. The SMILES string of the molecule is [NH3+]OC(=O)C(=O)O.[NH3+]OC(=O)C(=O)O.[Nb]. The Kier molecular flexibility index (Phi) is 13.6. The van der Waals surface area contributed by atoms with Gasteiger partial charge in [-0.25, -0.2) is 19.2 Å². The Morgan fingerprint density at radius 2 is 1.00 bits per heavy atom. The van der Waals surface area contributed by atoms with Crippen LogP contribution in [0.1, 0.15) is 0 Å². The van der Waals surface area contributed by atoms with Crippen LogP contribution < -0.4 is 11.8 Å². The van der Waals surface area contributed by atoms with Crippen LogP contribution >= 0.6 is 0 Å². The second-order valence-corrected chi connectivity index (χ2v) is 1.47. The Bertz CT molecular complexity index is 227. The Morgan fingerprint density at radius 1 is 0.800 bits per heavy atom. The maximum Gasteiger partial charge on any atom is 0.473 e. The average Bonchev–Trinajstić information content (AvgIpc) is 2.15. The Balaban J connectivity index is -0.000000180. The molecule has 0 unspecified atom stereocenters. The molecular formula is C4H8N2NbO8+2. The minimum Gasteiger partial charge on any atom is -0.473 e. The number of hydrogen-bond donors (Lipinski definition) is 4. The van der Waals surface area contributed by atoms with Crippen molar-refractivity contribution in [1.29, 1.82) is 0 Å². The molecule has 0 heterocycles. The molecular weight excluding hydrogens is 297 g/mol. The molecule has 0 aliphatic heterocycles. The topological polar surface area (TPSA) is 182 Å². The molecule has 0 aromatic carbocycles. The Morgan fingerprint density at radius 3 is 1.00 bits per heavy atom. The van der Waals surface area contributed by atoms with Crippen LogP contribution in [0.2, 0.25) is 0 Å². The number of carbonyl (C=O) groups excluding carboxylic acids is 2. The number of rotatable bonds is 0. The van der Waals surface area contributed by atoms with E-state index in [2.05, 4.69) is 21.5 Å². The molecule has 10 nitrogen and oxygen atoms in total. The van der Waals surface area contributed by atoms with Crippen LogP contribution in [0.25, 0.3) is 0 Å². The molecule has 8 N–H and O–H groups in total. The fraction of sp³-hybridized carbons (Fsp3) is 0. The third-order valence-electron chi connectivity index (χ3n) is 0.611. The number of aliphatic carboxylic acids is 2. The molecule has 0 atom stereocenters. The third-order valence-corrected chi connectivity index (χ3v) is 0.611. The van der Waals surface area contributed by atoms with Gasteiger partial charge in [-0.1, -0.05) is 0 Å². The van der Waals surface area contributed by atoms with Crippen LogP contribution in [0.3, 0.4) is 0 Å². The van der Waals surface area contributed by atoms with Gasteiger partial charge >= 0.3 is 23.9 Å². The summed E-state index contributed by atoms with van der Waals surface area (Å²) in [6.45, 7) is 0. The number of quaternary nitrogens is 2. The van der Waals surface area contributed by atoms with E-state index >= 15 is 0 Å². The molecule has 0 fully saturated rings. The van der Waals surface area contributed by atoms with Gasteiger partial charge in [0.25, 0.3) is 0 Å². The van der Waals surface area contributed by atoms with Crippen molar-refractivity contribution in [3.63, 3.8) is 0 Å². The first-order valence-electron chi connectivity index (χ1n) is 2.75. The van der Waals surface area contributed by atoms with Gasteiger partial charge in [0.05, 0.1) is 0 Å². The third kappa shape index (κ3) is 12.5. The van der Waals surface area contributed by atoms with Gasteiger partial charge in [0, 0.05) is 22.4 Å². The van der Waals surface area contributed by atoms with Crippen LogP contribution in [0.15, 0.2) is 0 Å². The number of carboxylic acid groups (broad SMARTS) is 2. The molecule has 0 amide bonds. The van der Waals surface area contributed by atoms with Crippen molar-refractivity contribution < 1.29 is 73.2 Å². The second kappa shape index (κ2) is 10.6. The normalized spacial score (nSPS) is 7.07. The first-order valence-corrected chi connectivity index (χ1v) is 2.75. The monoisotopic (exact) mass is 305 g/mol. The molecule has 0 saturated carbocycles. The van der Waals surface area contributed by atoms with Gasteiger partial charge in [0.15, 0.2) is 0 Å². The predicted octanol–water partition coefficient (Wildman–Crippen LogP) is -4.46. The summed E-state index contributed by atoms with van der Waals surface area (Å²) in [5, 5.41) is 15.3. The van der Waals surface area contributed by atoms with Crippen molar-refractivity contribution in [2.75, 3.05) is 0 Å². The van der Waals surface area contributed by atoms with E-state index < -0.39 is 23.9 Å². The van der Waals surface area contributed by atoms with Crippen molar-refractivity contribution in [3.05, 3.63) is 0 Å². The molecule has 0 rings (SSSR count). The van der Waals surface area contributed by atoms with Crippen LogP contribution in [-0.2, 0) is 51.2 Å². The fourth-order valence-electron chi connectivity index (χ4n) is 0.123. The van der Waals surface area contributed by atoms with Gasteiger partial charge in [-0.2, -0.15) is 11.8 Å². The van der Waals surface area contributed by atoms with Crippen LogP contribution in [0, 0.1) is 0 Å². The maximum absolute atomic E-state index is 9.63. The summed E-state index contributed by atoms with van der Waals surface area (Å²) >= 11 is 0. The molecule has 15 heavy (non-hydrogen) atoms. The van der Waals surface area contributed by atoms with Crippen molar-refractivity contribution in [1.82, 2.24) is 0 Å². The summed E-state index contributed by atoms with van der Waals surface area (Å²) in [5.41, 5.74) is 0. The molecule has 0 saturated heterocycles. The van der Waals surface area contributed by atoms with Crippen LogP contribution in [-0.4, -0.2) is 34.1 Å². The summed E-state index contributed by atoms with van der Waals surface area (Å²) in [5.74, 6) is -0.801. The quantitative estimate of drug-likeness (QED) is 0.196. The minimum atomic E-state index is -1.63. The molecule has 11 heteroatoms. The van der Waals surface area contributed by atoms with Gasteiger partial charge in [0.2, 0.25) is 0 Å². The minimum absolute atomic E-state index is 0. The van der Waals surface area contributed by atoms with E-state index in [0.717, 1.165) is 0 Å². The van der Waals surface area contributed by atoms with E-state index in [-0.39, 0.29) is 22.4 Å². The van der Waals surface area contributed by atoms with E-state index in [1.165, 1.54) is 0 Å². The first-order chi connectivity index (χ1) is 6.36. The van der Waals surface area contributed by atoms with E-state index in [9.17, 15) is 19.2 Å². The Labute approximate surface area is 97.5 Å². The molecule has 0 aromatic heterocycles. The van der Waals surface area contributed by atoms with Gasteiger partial charge < -0.3 is 10.2 Å². The summed E-state index contributed by atoms with van der Waals surface area (Å²) in [6, 6.07) is 0. The standard InChI is InChI=1S/2C2H3NO4.Nb/c2*3-7-2(6)1(4)5;/h2*3H3;/p+2. The summed E-state index contributed by atoms with van der Waals surface area (Å²) in [7, 11) is 0. The largest absolute Gasteiger partial charge is 0.473 e. The maximum atomic E-state index is 9.63. The van der Waals surface area contributed by atoms with Crippen LogP contribution in [0.4, 0.5) is 0 Å². The van der Waals surface area contributed by atoms with Crippen molar-refractivity contribution >= 4 is 23.9 Å². The van der Waals surface area contributed by atoms with Crippen molar-refractivity contribution in [2.24, 2.45) is 0 Å². The molecule has 0 bridgehead atoms. The van der Waals surface area contributed by atoms with Gasteiger partial charge in [-0.15, -0.1) is 0 Å². The Hall–Kier alpha value is -1.46. The summed E-state index contributed by atoms with van der Waals surface area (Å²) < 4.78 is 0. The zero-order valence-corrected chi connectivity index (χ0v) is 9.40. The fourth-order valence-corrected chi connectivity index (χ4v) is 0.123. The second-order valence-electron chi connectivity index (χ2n) is 1.47. The van der Waals surface area contributed by atoms with Crippen molar-refractivity contribution in [2.45, 2.75) is 0 Å². The summed E-state index contributed by atoms with van der Waals surface area (Å²) in [4.78, 5) is 45.1. The van der Waals surface area contributed by atoms with E-state index in [1.54, 1.807) is 0 Å². The molecule has 1 radical (unpaired) electrons. The smallest absolute Gasteiger partial charge is 0.473 e. The average molecular weight is 305 g/mol.